The first kappa shape index (κ1) is 14.2. The minimum Gasteiger partial charge on any atom is -0.506 e. The fourth-order valence-electron chi connectivity index (χ4n) is 1.91. The molecule has 0 aliphatic carbocycles. The Morgan fingerprint density at radius 2 is 1.47 bits per heavy atom. The Morgan fingerprint density at radius 1 is 0.895 bits per heavy atom. The van der Waals surface area contributed by atoms with Gasteiger partial charge in [0.1, 0.15) is 5.75 Å². The molecule has 0 saturated heterocycles. The summed E-state index contributed by atoms with van der Waals surface area (Å²) in [6.07, 6.45) is 0. The van der Waals surface area contributed by atoms with Gasteiger partial charge in [0, 0.05) is 11.6 Å². The standard InChI is InChI=1S/C16H16Cl2O/c1-16(2,3)11-6-4-10(5-7-11)12-8-14(18)15(19)9-13(12)17/h4-9,19H,1-3H3. The minimum absolute atomic E-state index is 0.00160. The Kier molecular flexibility index (Phi) is 3.80. The van der Waals surface area contributed by atoms with Crippen LogP contribution in [0.4, 0.5) is 0 Å². The smallest absolute Gasteiger partial charge is 0.135 e. The number of benzene rings is 2. The molecule has 0 bridgehead atoms. The van der Waals surface area contributed by atoms with Crippen molar-refractivity contribution in [2.75, 3.05) is 0 Å². The predicted molar refractivity (Wildman–Crippen MR) is 82.3 cm³/mol. The van der Waals surface area contributed by atoms with Crippen LogP contribution in [-0.4, -0.2) is 5.11 Å². The average molecular weight is 295 g/mol. The third-order valence-electron chi connectivity index (χ3n) is 3.10. The van der Waals surface area contributed by atoms with Gasteiger partial charge in [-0.3, -0.25) is 0 Å². The van der Waals surface area contributed by atoms with E-state index in [1.807, 2.05) is 12.1 Å². The monoisotopic (exact) mass is 294 g/mol. The van der Waals surface area contributed by atoms with E-state index in [2.05, 4.69) is 32.9 Å². The second kappa shape index (κ2) is 5.07. The Hall–Kier alpha value is -1.18. The molecule has 0 amide bonds. The highest BCUT2D eigenvalue weighted by Gasteiger charge is 2.14. The van der Waals surface area contributed by atoms with E-state index in [0.717, 1.165) is 11.1 Å². The van der Waals surface area contributed by atoms with Crippen LogP contribution in [0, 0.1) is 0 Å². The molecule has 1 N–H and O–H groups in total. The molecule has 0 aliphatic heterocycles. The second-order valence-electron chi connectivity index (χ2n) is 5.61. The van der Waals surface area contributed by atoms with Crippen LogP contribution < -0.4 is 0 Å². The SMILES string of the molecule is CC(C)(C)c1ccc(-c2cc(Cl)c(O)cc2Cl)cc1. The van der Waals surface area contributed by atoms with Gasteiger partial charge < -0.3 is 5.11 Å². The zero-order valence-electron chi connectivity index (χ0n) is 11.2. The number of hydrogen-bond acceptors (Lipinski definition) is 1. The van der Waals surface area contributed by atoms with Crippen molar-refractivity contribution in [3.8, 4) is 16.9 Å². The lowest BCUT2D eigenvalue weighted by molar-refractivity contribution is 0.475. The van der Waals surface area contributed by atoms with E-state index >= 15 is 0 Å². The van der Waals surface area contributed by atoms with Gasteiger partial charge in [0.2, 0.25) is 0 Å². The van der Waals surface area contributed by atoms with Crippen LogP contribution in [0.15, 0.2) is 36.4 Å². The number of aromatic hydroxyl groups is 1. The molecule has 0 unspecified atom stereocenters. The topological polar surface area (TPSA) is 20.2 Å². The van der Waals surface area contributed by atoms with Crippen LogP contribution in [0.25, 0.3) is 11.1 Å². The molecule has 0 heterocycles. The largest absolute Gasteiger partial charge is 0.506 e. The highest BCUT2D eigenvalue weighted by atomic mass is 35.5. The van der Waals surface area contributed by atoms with Crippen molar-refractivity contribution in [1.29, 1.82) is 0 Å². The maximum Gasteiger partial charge on any atom is 0.135 e. The summed E-state index contributed by atoms with van der Waals surface area (Å²) in [5, 5.41) is 10.3. The van der Waals surface area contributed by atoms with Gasteiger partial charge in [-0.2, -0.15) is 0 Å². The van der Waals surface area contributed by atoms with Crippen LogP contribution in [0.2, 0.25) is 10.0 Å². The van der Waals surface area contributed by atoms with E-state index in [9.17, 15) is 5.11 Å². The van der Waals surface area contributed by atoms with E-state index in [4.69, 9.17) is 23.2 Å². The first-order chi connectivity index (χ1) is 8.79. The van der Waals surface area contributed by atoms with E-state index < -0.39 is 0 Å². The minimum atomic E-state index is 0.00160. The molecular weight excluding hydrogens is 279 g/mol. The number of hydrogen-bond donors (Lipinski definition) is 1. The summed E-state index contributed by atoms with van der Waals surface area (Å²) in [5.41, 5.74) is 3.19. The van der Waals surface area contributed by atoms with E-state index in [-0.39, 0.29) is 11.2 Å². The highest BCUT2D eigenvalue weighted by molar-refractivity contribution is 6.36. The number of rotatable bonds is 1. The summed E-state index contributed by atoms with van der Waals surface area (Å²) >= 11 is 12.1. The van der Waals surface area contributed by atoms with E-state index in [0.29, 0.717) is 10.0 Å². The second-order valence-corrected chi connectivity index (χ2v) is 6.43. The van der Waals surface area contributed by atoms with E-state index in [1.165, 1.54) is 11.6 Å². The molecule has 0 aliphatic rings. The molecular formula is C16H16Cl2O. The first-order valence-electron chi connectivity index (χ1n) is 6.08. The molecule has 0 radical (unpaired) electrons. The highest BCUT2D eigenvalue weighted by Crippen LogP contribution is 2.36. The van der Waals surface area contributed by atoms with Crippen LogP contribution in [0.3, 0.4) is 0 Å². The van der Waals surface area contributed by atoms with Gasteiger partial charge in [-0.1, -0.05) is 68.2 Å². The number of phenols is 1. The Bertz CT molecular complexity index is 595. The molecule has 2 aromatic rings. The molecule has 100 valence electrons. The van der Waals surface area contributed by atoms with Gasteiger partial charge in [-0.15, -0.1) is 0 Å². The van der Waals surface area contributed by atoms with Crippen LogP contribution >= 0.6 is 23.2 Å². The third-order valence-corrected chi connectivity index (χ3v) is 3.71. The van der Waals surface area contributed by atoms with Gasteiger partial charge in [0.15, 0.2) is 0 Å². The van der Waals surface area contributed by atoms with Gasteiger partial charge in [0.25, 0.3) is 0 Å². The third kappa shape index (κ3) is 3.05. The molecule has 0 spiro atoms. The summed E-state index contributed by atoms with van der Waals surface area (Å²) in [5.74, 6) is 0.00160. The molecule has 0 aromatic heterocycles. The van der Waals surface area contributed by atoms with Crippen LogP contribution in [-0.2, 0) is 5.41 Å². The normalized spacial score (nSPS) is 11.6. The summed E-state index contributed by atoms with van der Waals surface area (Å²) in [7, 11) is 0. The first-order valence-corrected chi connectivity index (χ1v) is 6.83. The molecule has 2 aromatic carbocycles. The summed E-state index contributed by atoms with van der Waals surface area (Å²) in [6, 6.07) is 11.4. The van der Waals surface area contributed by atoms with Crippen LogP contribution in [0.1, 0.15) is 26.3 Å². The zero-order valence-corrected chi connectivity index (χ0v) is 12.7. The maximum absolute atomic E-state index is 9.51. The van der Waals surface area contributed by atoms with Crippen molar-refractivity contribution in [3.05, 3.63) is 52.0 Å². The summed E-state index contributed by atoms with van der Waals surface area (Å²) in [4.78, 5) is 0. The van der Waals surface area contributed by atoms with Gasteiger partial charge >= 0.3 is 0 Å². The predicted octanol–water partition coefficient (Wildman–Crippen LogP) is 5.66. The van der Waals surface area contributed by atoms with Crippen molar-refractivity contribution < 1.29 is 5.11 Å². The van der Waals surface area contributed by atoms with Crippen molar-refractivity contribution in [3.63, 3.8) is 0 Å². The van der Waals surface area contributed by atoms with Crippen molar-refractivity contribution in [1.82, 2.24) is 0 Å². The Morgan fingerprint density at radius 3 is 2.00 bits per heavy atom. The van der Waals surface area contributed by atoms with Gasteiger partial charge in [-0.25, -0.2) is 0 Å². The number of phenolic OH excluding ortho intramolecular Hbond substituents is 1. The Balaban J connectivity index is 2.46. The van der Waals surface area contributed by atoms with Gasteiger partial charge in [-0.05, 0) is 22.6 Å². The molecule has 19 heavy (non-hydrogen) atoms. The van der Waals surface area contributed by atoms with Crippen molar-refractivity contribution in [2.45, 2.75) is 26.2 Å². The average Bonchev–Trinajstić information content (AvgIpc) is 2.33. The van der Waals surface area contributed by atoms with Crippen molar-refractivity contribution in [2.24, 2.45) is 0 Å². The molecule has 2 rings (SSSR count). The molecule has 0 atom stereocenters. The lowest BCUT2D eigenvalue weighted by atomic mass is 9.86. The quantitative estimate of drug-likeness (QED) is 0.719. The number of halogens is 2. The fourth-order valence-corrected chi connectivity index (χ4v) is 2.34. The van der Waals surface area contributed by atoms with Crippen molar-refractivity contribution >= 4 is 23.2 Å². The summed E-state index contributed by atoms with van der Waals surface area (Å²) in [6.45, 7) is 6.52. The van der Waals surface area contributed by atoms with E-state index in [1.54, 1.807) is 6.07 Å². The molecule has 1 nitrogen and oxygen atoms in total. The van der Waals surface area contributed by atoms with Gasteiger partial charge in [0.05, 0.1) is 10.0 Å². The molecule has 0 fully saturated rings. The molecule has 0 saturated carbocycles. The zero-order chi connectivity index (χ0) is 14.2. The lowest BCUT2D eigenvalue weighted by Crippen LogP contribution is -2.10. The Labute approximate surface area is 123 Å². The lowest BCUT2D eigenvalue weighted by Gasteiger charge is -2.19. The molecule has 3 heteroatoms. The fraction of sp³-hybridized carbons (Fsp3) is 0.250. The maximum atomic E-state index is 9.51. The van der Waals surface area contributed by atoms with Crippen LogP contribution in [0.5, 0.6) is 5.75 Å². The summed E-state index contributed by atoms with van der Waals surface area (Å²) < 4.78 is 0.